The highest BCUT2D eigenvalue weighted by atomic mass is 16.4. The van der Waals surface area contributed by atoms with Crippen molar-refractivity contribution in [3.8, 4) is 0 Å². The molecule has 0 aromatic heterocycles. The van der Waals surface area contributed by atoms with Crippen LogP contribution in [0, 0.1) is 5.92 Å². The molecule has 1 saturated carbocycles. The second-order valence-corrected chi connectivity index (χ2v) is 7.45. The monoisotopic (exact) mass is 390 g/mol. The minimum Gasteiger partial charge on any atom is -0.480 e. The Hall–Kier alpha value is -2.61. The van der Waals surface area contributed by atoms with Gasteiger partial charge in [-0.25, -0.2) is 4.79 Å². The molecule has 1 aliphatic rings. The minimum absolute atomic E-state index is 0.0333. The van der Waals surface area contributed by atoms with Crippen molar-refractivity contribution in [2.45, 2.75) is 52.2 Å². The third kappa shape index (κ3) is 6.53. The van der Waals surface area contributed by atoms with Gasteiger partial charge in [0.05, 0.1) is 6.54 Å². The highest BCUT2D eigenvalue weighted by molar-refractivity contribution is 5.92. The lowest BCUT2D eigenvalue weighted by atomic mass is 9.85. The Morgan fingerprint density at radius 2 is 1.82 bits per heavy atom. The molecule has 4 N–H and O–H groups in total. The minimum atomic E-state index is -0.828. The van der Waals surface area contributed by atoms with E-state index in [0.29, 0.717) is 13.1 Å². The highest BCUT2D eigenvalue weighted by Gasteiger charge is 2.34. The van der Waals surface area contributed by atoms with Crippen molar-refractivity contribution in [2.24, 2.45) is 5.92 Å². The number of carboxylic acids is 1. The molecule has 8 nitrogen and oxygen atoms in total. The van der Waals surface area contributed by atoms with Crippen LogP contribution >= 0.6 is 0 Å². The zero-order valence-electron chi connectivity index (χ0n) is 16.7. The third-order valence-electron chi connectivity index (χ3n) is 4.91. The molecule has 154 valence electrons. The van der Waals surface area contributed by atoms with E-state index in [1.165, 1.54) is 0 Å². The molecule has 1 aromatic rings. The van der Waals surface area contributed by atoms with E-state index in [4.69, 9.17) is 5.11 Å². The van der Waals surface area contributed by atoms with Crippen LogP contribution in [0.2, 0.25) is 0 Å². The van der Waals surface area contributed by atoms with Gasteiger partial charge in [-0.15, -0.1) is 0 Å². The Kier molecular flexibility index (Phi) is 7.80. The molecule has 0 spiro atoms. The normalized spacial score (nSPS) is 18.5. The number of hydrogen-bond acceptors (Lipinski definition) is 4. The summed E-state index contributed by atoms with van der Waals surface area (Å²) in [5, 5.41) is 17.5. The van der Waals surface area contributed by atoms with Crippen molar-refractivity contribution in [1.29, 1.82) is 0 Å². The summed E-state index contributed by atoms with van der Waals surface area (Å²) in [7, 11) is 0. The average molecular weight is 390 g/mol. The van der Waals surface area contributed by atoms with Gasteiger partial charge in [-0.3, -0.25) is 14.5 Å². The maximum atomic E-state index is 12.0. The van der Waals surface area contributed by atoms with E-state index in [1.807, 2.05) is 49.9 Å². The van der Waals surface area contributed by atoms with Crippen molar-refractivity contribution < 1.29 is 19.5 Å². The Labute approximate surface area is 165 Å². The molecule has 1 aliphatic carbocycles. The van der Waals surface area contributed by atoms with Crippen molar-refractivity contribution in [3.05, 3.63) is 29.8 Å². The van der Waals surface area contributed by atoms with Crippen LogP contribution in [0.15, 0.2) is 24.3 Å². The standard InChI is InChI=1S/C20H30N4O4/c1-4-24(12-18(25)26)17-9-16(10-17)23-20(28)21-11-14-5-7-15(8-6-14)22-19(27)13(2)3/h5-8,13,16-17H,4,9-12H2,1-3H3,(H,22,27)(H,25,26)(H2,21,23,28). The van der Waals surface area contributed by atoms with E-state index >= 15 is 0 Å². The Morgan fingerprint density at radius 1 is 1.18 bits per heavy atom. The molecule has 0 radical (unpaired) electrons. The number of nitrogens with one attached hydrogen (secondary N) is 3. The number of urea groups is 1. The van der Waals surface area contributed by atoms with E-state index in [-0.39, 0.29) is 36.5 Å². The van der Waals surface area contributed by atoms with Crippen molar-refractivity contribution >= 4 is 23.6 Å². The van der Waals surface area contributed by atoms with Gasteiger partial charge in [0, 0.05) is 30.2 Å². The van der Waals surface area contributed by atoms with Gasteiger partial charge in [0.1, 0.15) is 0 Å². The number of hydrogen-bond donors (Lipinski definition) is 4. The van der Waals surface area contributed by atoms with Gasteiger partial charge in [0.2, 0.25) is 5.91 Å². The van der Waals surface area contributed by atoms with Crippen LogP contribution in [0.3, 0.4) is 0 Å². The number of benzene rings is 1. The van der Waals surface area contributed by atoms with Gasteiger partial charge in [0.15, 0.2) is 0 Å². The van der Waals surface area contributed by atoms with E-state index in [2.05, 4.69) is 16.0 Å². The summed E-state index contributed by atoms with van der Waals surface area (Å²) in [4.78, 5) is 36.5. The zero-order valence-corrected chi connectivity index (χ0v) is 16.7. The fraction of sp³-hybridized carbons (Fsp3) is 0.550. The predicted molar refractivity (Wildman–Crippen MR) is 107 cm³/mol. The second-order valence-electron chi connectivity index (χ2n) is 7.45. The fourth-order valence-electron chi connectivity index (χ4n) is 3.09. The molecular formula is C20H30N4O4. The van der Waals surface area contributed by atoms with E-state index in [1.54, 1.807) is 0 Å². The Bertz CT molecular complexity index is 684. The van der Waals surface area contributed by atoms with E-state index in [9.17, 15) is 14.4 Å². The van der Waals surface area contributed by atoms with Gasteiger partial charge in [-0.05, 0) is 37.1 Å². The number of aliphatic carboxylic acids is 1. The number of likely N-dealkylation sites (N-methyl/N-ethyl adjacent to an activating group) is 1. The number of rotatable bonds is 9. The van der Waals surface area contributed by atoms with Crippen LogP contribution in [0.5, 0.6) is 0 Å². The summed E-state index contributed by atoms with van der Waals surface area (Å²) in [6, 6.07) is 7.39. The number of carbonyl (C=O) groups is 3. The molecule has 0 unspecified atom stereocenters. The molecule has 1 fully saturated rings. The van der Waals surface area contributed by atoms with Gasteiger partial charge in [-0.2, -0.15) is 0 Å². The molecule has 0 atom stereocenters. The quantitative estimate of drug-likeness (QED) is 0.516. The molecule has 0 saturated heterocycles. The summed E-state index contributed by atoms with van der Waals surface area (Å²) in [5.41, 5.74) is 1.66. The smallest absolute Gasteiger partial charge is 0.317 e. The number of anilines is 1. The lowest BCUT2D eigenvalue weighted by Gasteiger charge is -2.42. The lowest BCUT2D eigenvalue weighted by Crippen LogP contribution is -2.56. The first-order valence-corrected chi connectivity index (χ1v) is 9.68. The Balaban J connectivity index is 1.69. The molecule has 28 heavy (non-hydrogen) atoms. The van der Waals surface area contributed by atoms with Crippen LogP contribution in [0.1, 0.15) is 39.2 Å². The SMILES string of the molecule is CCN(CC(=O)O)C1CC(NC(=O)NCc2ccc(NC(=O)C(C)C)cc2)C1. The first-order valence-electron chi connectivity index (χ1n) is 9.68. The molecule has 8 heteroatoms. The summed E-state index contributed by atoms with van der Waals surface area (Å²) in [6.07, 6.45) is 1.53. The van der Waals surface area contributed by atoms with Crippen LogP contribution < -0.4 is 16.0 Å². The van der Waals surface area contributed by atoms with Gasteiger partial charge >= 0.3 is 12.0 Å². The lowest BCUT2D eigenvalue weighted by molar-refractivity contribution is -0.139. The van der Waals surface area contributed by atoms with Crippen LogP contribution in [0.25, 0.3) is 0 Å². The predicted octanol–water partition coefficient (Wildman–Crippen LogP) is 2.02. The maximum Gasteiger partial charge on any atom is 0.317 e. The summed E-state index contributed by atoms with van der Waals surface area (Å²) < 4.78 is 0. The number of carboxylic acid groups (broad SMARTS) is 1. The van der Waals surface area contributed by atoms with Gasteiger partial charge in [-0.1, -0.05) is 32.9 Å². The molecular weight excluding hydrogens is 360 g/mol. The average Bonchev–Trinajstić information content (AvgIpc) is 2.61. The van der Waals surface area contributed by atoms with Crippen LogP contribution in [-0.4, -0.2) is 53.1 Å². The second kappa shape index (κ2) is 10.1. The summed E-state index contributed by atoms with van der Waals surface area (Å²) in [6.45, 7) is 6.72. The zero-order chi connectivity index (χ0) is 20.7. The van der Waals surface area contributed by atoms with Crippen molar-refractivity contribution in [3.63, 3.8) is 0 Å². The molecule has 3 amide bonds. The molecule has 0 bridgehead atoms. The summed E-state index contributed by atoms with van der Waals surface area (Å²) >= 11 is 0. The third-order valence-corrected chi connectivity index (χ3v) is 4.91. The molecule has 0 aliphatic heterocycles. The van der Waals surface area contributed by atoms with E-state index in [0.717, 1.165) is 24.1 Å². The summed E-state index contributed by atoms with van der Waals surface area (Å²) in [5.74, 6) is -0.940. The first kappa shape index (κ1) is 21.7. The topological polar surface area (TPSA) is 111 Å². The number of amides is 3. The fourth-order valence-corrected chi connectivity index (χ4v) is 3.09. The highest BCUT2D eigenvalue weighted by Crippen LogP contribution is 2.25. The Morgan fingerprint density at radius 3 is 2.36 bits per heavy atom. The van der Waals surface area contributed by atoms with Crippen molar-refractivity contribution in [2.75, 3.05) is 18.4 Å². The maximum absolute atomic E-state index is 12.0. The number of carbonyl (C=O) groups excluding carboxylic acids is 2. The molecule has 1 aromatic carbocycles. The van der Waals surface area contributed by atoms with Crippen LogP contribution in [-0.2, 0) is 16.1 Å². The van der Waals surface area contributed by atoms with Crippen LogP contribution in [0.4, 0.5) is 10.5 Å². The largest absolute Gasteiger partial charge is 0.480 e. The molecule has 0 heterocycles. The van der Waals surface area contributed by atoms with E-state index < -0.39 is 5.97 Å². The number of nitrogens with zero attached hydrogens (tertiary/aromatic N) is 1. The van der Waals surface area contributed by atoms with Gasteiger partial charge in [0.25, 0.3) is 0 Å². The van der Waals surface area contributed by atoms with Gasteiger partial charge < -0.3 is 21.1 Å². The first-order chi connectivity index (χ1) is 13.3. The van der Waals surface area contributed by atoms with Crippen molar-refractivity contribution in [1.82, 2.24) is 15.5 Å². The molecule has 2 rings (SSSR count).